The Hall–Kier alpha value is -3.76. The first kappa shape index (κ1) is 31.7. The van der Waals surface area contributed by atoms with Gasteiger partial charge in [0.15, 0.2) is 0 Å². The lowest BCUT2D eigenvalue weighted by molar-refractivity contribution is -0.384. The van der Waals surface area contributed by atoms with Gasteiger partial charge in [0.05, 0.1) is 28.6 Å². The smallest absolute Gasteiger partial charge is 0.455 e. The fraction of sp³-hybridized carbons (Fsp3) is 0.471. The molecule has 2 fully saturated rings. The summed E-state index contributed by atoms with van der Waals surface area (Å²) in [6.07, 6.45) is 7.34. The molecule has 5 rings (SSSR count). The van der Waals surface area contributed by atoms with E-state index in [1.807, 2.05) is 26.0 Å². The predicted molar refractivity (Wildman–Crippen MR) is 170 cm³/mol. The van der Waals surface area contributed by atoms with Crippen molar-refractivity contribution in [2.24, 2.45) is 17.8 Å². The monoisotopic (exact) mass is 600 g/mol. The number of nitro benzene ring substituents is 1. The quantitative estimate of drug-likeness (QED) is 0.102. The van der Waals surface area contributed by atoms with Gasteiger partial charge >= 0.3 is 7.12 Å². The second kappa shape index (κ2) is 13.1. The number of nitrogens with zero attached hydrogens (tertiary/aromatic N) is 2. The molecule has 2 aliphatic heterocycles. The number of amides is 2. The molecule has 0 spiro atoms. The summed E-state index contributed by atoms with van der Waals surface area (Å²) < 4.78 is 6.18. The van der Waals surface area contributed by atoms with Crippen molar-refractivity contribution in [2.75, 3.05) is 4.90 Å². The van der Waals surface area contributed by atoms with Gasteiger partial charge in [-0.1, -0.05) is 50.0 Å². The van der Waals surface area contributed by atoms with E-state index < -0.39 is 23.9 Å². The third kappa shape index (κ3) is 6.10. The fourth-order valence-corrected chi connectivity index (χ4v) is 7.52. The highest BCUT2D eigenvalue weighted by molar-refractivity contribution is 6.43. The molecule has 0 saturated carbocycles. The zero-order chi connectivity index (χ0) is 31.7. The molecule has 0 unspecified atom stereocenters. The average molecular weight is 601 g/mol. The van der Waals surface area contributed by atoms with Gasteiger partial charge < -0.3 is 14.8 Å². The van der Waals surface area contributed by atoms with Crippen molar-refractivity contribution in [1.82, 2.24) is 0 Å². The number of fused-ring (bicyclic) bond motifs is 3. The molecule has 2 saturated heterocycles. The Bertz CT molecular complexity index is 1510. The van der Waals surface area contributed by atoms with Gasteiger partial charge in [0.25, 0.3) is 5.69 Å². The van der Waals surface area contributed by atoms with Crippen LogP contribution in [0.15, 0.2) is 53.1 Å². The Morgan fingerprint density at radius 3 is 2.48 bits per heavy atom. The summed E-state index contributed by atoms with van der Waals surface area (Å²) in [4.78, 5) is 39.7. The maximum atomic E-state index is 14.0. The molecular formula is C34H41BN2O7. The van der Waals surface area contributed by atoms with Gasteiger partial charge in [0.1, 0.15) is 5.75 Å². The Kier molecular flexibility index (Phi) is 9.41. The number of phenols is 1. The lowest BCUT2D eigenvalue weighted by Gasteiger charge is -2.43. The number of hydrogen-bond donors (Lipinski definition) is 2. The molecule has 2 N–H and O–H groups in total. The normalized spacial score (nSPS) is 23.7. The SMILES string of the molecule is CCCC1=C2[C@@H](CC/C(=C/c3cc(C)c(O)c(C)c3)CCC)OB(O)C[C@@H]2[C@@H]2C(=O)N(c3cccc([N+](=O)[O-])c3)C(=O)[C@@H]2C1. The number of carbonyl (C=O) groups is 2. The molecule has 0 radical (unpaired) electrons. The van der Waals surface area contributed by atoms with E-state index in [0.717, 1.165) is 64.8 Å². The number of hydrogen-bond acceptors (Lipinski definition) is 7. The number of phenolic OH excluding ortho intramolecular Hbond substituents is 1. The topological polar surface area (TPSA) is 130 Å². The number of imide groups is 1. The largest absolute Gasteiger partial charge is 0.507 e. The minimum absolute atomic E-state index is 0.182. The average Bonchev–Trinajstić information content (AvgIpc) is 3.23. The standard InChI is InChI=1S/C34H41BN2O7/c1-5-8-22(16-23-14-20(3)32(38)21(4)15-23)12-13-29-30-24(9-6-2)17-27-31(28(30)19-35(41)44-29)34(40)36(33(27)39)25-10-7-11-26(18-25)37(42)43/h7,10-11,14-16,18,27-29,31,38,41H,5-6,8-9,12-13,17,19H2,1-4H3/b22-16+/t27-,28+,29-,31-/m1/s1. The first-order valence-electron chi connectivity index (χ1n) is 15.7. The molecule has 3 aliphatic rings. The zero-order valence-electron chi connectivity index (χ0n) is 25.9. The van der Waals surface area contributed by atoms with Gasteiger partial charge in [-0.2, -0.15) is 0 Å². The van der Waals surface area contributed by atoms with Crippen LogP contribution in [0, 0.1) is 41.7 Å². The number of anilines is 1. The maximum Gasteiger partial charge on any atom is 0.455 e. The van der Waals surface area contributed by atoms with Gasteiger partial charge in [0, 0.05) is 12.1 Å². The molecule has 2 heterocycles. The van der Waals surface area contributed by atoms with E-state index >= 15 is 0 Å². The van der Waals surface area contributed by atoms with Crippen molar-refractivity contribution in [3.8, 4) is 5.75 Å². The summed E-state index contributed by atoms with van der Waals surface area (Å²) in [6, 6.07) is 9.61. The van der Waals surface area contributed by atoms with Crippen LogP contribution in [-0.4, -0.2) is 40.1 Å². The molecule has 2 aromatic carbocycles. The molecule has 44 heavy (non-hydrogen) atoms. The van der Waals surface area contributed by atoms with Crippen LogP contribution in [0.4, 0.5) is 11.4 Å². The van der Waals surface area contributed by atoms with Crippen LogP contribution in [0.1, 0.15) is 75.5 Å². The second-order valence-corrected chi connectivity index (χ2v) is 12.5. The Labute approximate surface area is 258 Å². The maximum absolute atomic E-state index is 14.0. The number of non-ortho nitro benzene ring substituents is 1. The molecule has 2 aromatic rings. The number of benzene rings is 2. The minimum atomic E-state index is -1.06. The van der Waals surface area contributed by atoms with Gasteiger partial charge in [-0.05, 0) is 98.7 Å². The molecule has 232 valence electrons. The third-order valence-corrected chi connectivity index (χ3v) is 9.34. The van der Waals surface area contributed by atoms with Gasteiger partial charge in [-0.25, -0.2) is 4.90 Å². The molecule has 0 aromatic heterocycles. The van der Waals surface area contributed by atoms with Crippen molar-refractivity contribution < 1.29 is 29.3 Å². The van der Waals surface area contributed by atoms with Crippen LogP contribution in [0.3, 0.4) is 0 Å². The summed E-state index contributed by atoms with van der Waals surface area (Å²) >= 11 is 0. The molecule has 1 aliphatic carbocycles. The number of rotatable bonds is 10. The van der Waals surface area contributed by atoms with Crippen LogP contribution in [-0.2, 0) is 14.2 Å². The first-order chi connectivity index (χ1) is 21.0. The van der Waals surface area contributed by atoms with Crippen molar-refractivity contribution in [2.45, 2.75) is 85.1 Å². The minimum Gasteiger partial charge on any atom is -0.507 e. The van der Waals surface area contributed by atoms with Crippen molar-refractivity contribution in [3.63, 3.8) is 0 Å². The van der Waals surface area contributed by atoms with Gasteiger partial charge in [-0.15, -0.1) is 0 Å². The highest BCUT2D eigenvalue weighted by atomic mass is 16.6. The number of aromatic hydroxyl groups is 1. The van der Waals surface area contributed by atoms with E-state index in [9.17, 15) is 29.8 Å². The van der Waals surface area contributed by atoms with Crippen LogP contribution >= 0.6 is 0 Å². The third-order valence-electron chi connectivity index (χ3n) is 9.34. The van der Waals surface area contributed by atoms with Gasteiger partial charge in [0.2, 0.25) is 11.8 Å². The molecule has 10 heteroatoms. The lowest BCUT2D eigenvalue weighted by atomic mass is 9.58. The van der Waals surface area contributed by atoms with Crippen LogP contribution < -0.4 is 4.90 Å². The second-order valence-electron chi connectivity index (χ2n) is 12.5. The molecule has 0 bridgehead atoms. The summed E-state index contributed by atoms with van der Waals surface area (Å²) in [7, 11) is -1.06. The van der Waals surface area contributed by atoms with E-state index in [2.05, 4.69) is 19.9 Å². The van der Waals surface area contributed by atoms with Crippen molar-refractivity contribution in [3.05, 3.63) is 79.9 Å². The number of nitro groups is 1. The predicted octanol–water partition coefficient (Wildman–Crippen LogP) is 6.68. The number of allylic oxidation sites excluding steroid dienone is 2. The summed E-state index contributed by atoms with van der Waals surface area (Å²) in [6.45, 7) is 8.01. The van der Waals surface area contributed by atoms with Crippen LogP contribution in [0.25, 0.3) is 6.08 Å². The van der Waals surface area contributed by atoms with E-state index in [-0.39, 0.29) is 41.5 Å². The van der Waals surface area contributed by atoms with E-state index in [4.69, 9.17) is 4.65 Å². The Balaban J connectivity index is 1.45. The molecular weight excluding hydrogens is 559 g/mol. The summed E-state index contributed by atoms with van der Waals surface area (Å²) in [5.74, 6) is -1.95. The highest BCUT2D eigenvalue weighted by Gasteiger charge is 2.57. The molecule has 2 amide bonds. The van der Waals surface area contributed by atoms with Crippen molar-refractivity contribution in [1.29, 1.82) is 0 Å². The fourth-order valence-electron chi connectivity index (χ4n) is 7.52. The highest BCUT2D eigenvalue weighted by Crippen LogP contribution is 2.52. The zero-order valence-corrected chi connectivity index (χ0v) is 25.9. The van der Waals surface area contributed by atoms with Crippen LogP contribution in [0.2, 0.25) is 6.32 Å². The van der Waals surface area contributed by atoms with E-state index in [1.54, 1.807) is 6.07 Å². The molecule has 4 atom stereocenters. The number of aryl methyl sites for hydroxylation is 2. The van der Waals surface area contributed by atoms with E-state index in [0.29, 0.717) is 18.6 Å². The Morgan fingerprint density at radius 1 is 1.09 bits per heavy atom. The number of carbonyl (C=O) groups excluding carboxylic acids is 2. The first-order valence-corrected chi connectivity index (χ1v) is 15.7. The molecule has 9 nitrogen and oxygen atoms in total. The summed E-state index contributed by atoms with van der Waals surface area (Å²) in [5.41, 5.74) is 6.14. The lowest BCUT2D eigenvalue weighted by Crippen LogP contribution is -2.46. The van der Waals surface area contributed by atoms with Gasteiger partial charge in [-0.3, -0.25) is 19.7 Å². The van der Waals surface area contributed by atoms with Crippen LogP contribution in [0.5, 0.6) is 5.75 Å². The Morgan fingerprint density at radius 2 is 1.82 bits per heavy atom. The van der Waals surface area contributed by atoms with Crippen molar-refractivity contribution >= 4 is 36.4 Å². The summed E-state index contributed by atoms with van der Waals surface area (Å²) in [5, 5.41) is 32.5. The van der Waals surface area contributed by atoms with E-state index in [1.165, 1.54) is 23.8 Å².